The lowest BCUT2D eigenvalue weighted by molar-refractivity contribution is 0.356. The fraction of sp³-hybridized carbons (Fsp3) is 0.233. The van der Waals surface area contributed by atoms with E-state index in [0.29, 0.717) is 11.1 Å². The second kappa shape index (κ2) is 8.68. The highest BCUT2D eigenvalue weighted by Crippen LogP contribution is 2.37. The van der Waals surface area contributed by atoms with Gasteiger partial charge in [0.25, 0.3) is 0 Å². The Kier molecular flexibility index (Phi) is 5.37. The van der Waals surface area contributed by atoms with E-state index in [9.17, 15) is 8.78 Å². The number of furan rings is 1. The Hall–Kier alpha value is -3.53. The molecule has 0 aliphatic heterocycles. The molecule has 0 unspecified atom stereocenters. The predicted octanol–water partition coefficient (Wildman–Crippen LogP) is 8.72. The van der Waals surface area contributed by atoms with Crippen molar-refractivity contribution in [2.24, 2.45) is 5.92 Å². The van der Waals surface area contributed by atoms with Gasteiger partial charge in [-0.3, -0.25) is 4.98 Å². The molecule has 0 amide bonds. The van der Waals surface area contributed by atoms with Gasteiger partial charge in [-0.05, 0) is 71.5 Å². The van der Waals surface area contributed by atoms with E-state index in [4.69, 9.17) is 4.42 Å². The normalized spacial score (nSPS) is 14.8. The summed E-state index contributed by atoms with van der Waals surface area (Å²) in [6.45, 7) is 0. The third-order valence-corrected chi connectivity index (χ3v) is 7.10. The standard InChI is InChI=1S/C30H25F2NO/c31-26-12-10-21(17-27(26)32)22-9-11-23-24-7-4-8-25(30(24)34-29(23)18-22)28-16-20(13-14-33-28)15-19-5-2-1-3-6-19/h4,7-14,16-19H,1-3,5-6,15H2. The Labute approximate surface area is 197 Å². The second-order valence-electron chi connectivity index (χ2n) is 9.38. The first-order chi connectivity index (χ1) is 16.7. The number of hydrogen-bond donors (Lipinski definition) is 0. The molecule has 0 saturated heterocycles. The van der Waals surface area contributed by atoms with E-state index in [2.05, 4.69) is 17.1 Å². The third kappa shape index (κ3) is 3.87. The number of rotatable bonds is 4. The smallest absolute Gasteiger partial charge is 0.159 e. The van der Waals surface area contributed by atoms with Gasteiger partial charge in [0.05, 0.1) is 5.69 Å². The van der Waals surface area contributed by atoms with E-state index in [0.717, 1.165) is 51.6 Å². The molecule has 2 nitrogen and oxygen atoms in total. The van der Waals surface area contributed by atoms with Crippen molar-refractivity contribution in [2.75, 3.05) is 0 Å². The minimum atomic E-state index is -0.858. The molecule has 1 aliphatic carbocycles. The molecule has 3 aromatic carbocycles. The molecule has 0 bridgehead atoms. The molecule has 2 heterocycles. The van der Waals surface area contributed by atoms with Gasteiger partial charge in [0, 0.05) is 22.5 Å². The number of aromatic nitrogens is 1. The molecule has 5 aromatic rings. The molecule has 0 radical (unpaired) electrons. The number of nitrogens with zero attached hydrogens (tertiary/aromatic N) is 1. The van der Waals surface area contributed by atoms with Crippen LogP contribution >= 0.6 is 0 Å². The van der Waals surface area contributed by atoms with Crippen LogP contribution in [0, 0.1) is 17.6 Å². The zero-order chi connectivity index (χ0) is 23.1. The van der Waals surface area contributed by atoms with E-state index in [-0.39, 0.29) is 0 Å². The highest BCUT2D eigenvalue weighted by atomic mass is 19.2. The average molecular weight is 454 g/mol. The number of halogens is 2. The largest absolute Gasteiger partial charge is 0.455 e. The van der Waals surface area contributed by atoms with Crippen molar-refractivity contribution < 1.29 is 13.2 Å². The van der Waals surface area contributed by atoms with Crippen molar-refractivity contribution in [3.8, 4) is 22.4 Å². The predicted molar refractivity (Wildman–Crippen MR) is 133 cm³/mol. The maximum Gasteiger partial charge on any atom is 0.159 e. The third-order valence-electron chi connectivity index (χ3n) is 7.10. The maximum absolute atomic E-state index is 13.8. The van der Waals surface area contributed by atoms with E-state index < -0.39 is 11.6 Å². The molecular weight excluding hydrogens is 428 g/mol. The highest BCUT2D eigenvalue weighted by Gasteiger charge is 2.17. The molecule has 0 N–H and O–H groups in total. The lowest BCUT2D eigenvalue weighted by atomic mass is 9.85. The molecule has 1 saturated carbocycles. The summed E-state index contributed by atoms with van der Waals surface area (Å²) in [6.07, 6.45) is 9.68. The van der Waals surface area contributed by atoms with E-state index in [1.165, 1.54) is 43.7 Å². The van der Waals surface area contributed by atoms with E-state index >= 15 is 0 Å². The van der Waals surface area contributed by atoms with Crippen molar-refractivity contribution in [1.82, 2.24) is 4.98 Å². The maximum atomic E-state index is 13.8. The lowest BCUT2D eigenvalue weighted by Crippen LogP contribution is -2.09. The summed E-state index contributed by atoms with van der Waals surface area (Å²) in [5, 5.41) is 2.00. The monoisotopic (exact) mass is 453 g/mol. The van der Waals surface area contributed by atoms with Crippen LogP contribution in [0.2, 0.25) is 0 Å². The van der Waals surface area contributed by atoms with Crippen LogP contribution < -0.4 is 0 Å². The summed E-state index contributed by atoms with van der Waals surface area (Å²) in [6, 6.07) is 20.2. The van der Waals surface area contributed by atoms with Gasteiger partial charge in [-0.1, -0.05) is 56.4 Å². The molecule has 170 valence electrons. The Morgan fingerprint density at radius 3 is 2.47 bits per heavy atom. The first-order valence-electron chi connectivity index (χ1n) is 12.0. The van der Waals surface area contributed by atoms with Crippen LogP contribution in [0.5, 0.6) is 0 Å². The summed E-state index contributed by atoms with van der Waals surface area (Å²) < 4.78 is 33.5. The lowest BCUT2D eigenvalue weighted by Gasteiger charge is -2.21. The summed E-state index contributed by atoms with van der Waals surface area (Å²) in [7, 11) is 0. The number of fused-ring (bicyclic) bond motifs is 3. The van der Waals surface area contributed by atoms with Gasteiger partial charge in [0.15, 0.2) is 11.6 Å². The van der Waals surface area contributed by atoms with Crippen LogP contribution in [0.15, 0.2) is 77.3 Å². The molecule has 1 fully saturated rings. The minimum absolute atomic E-state index is 0.610. The van der Waals surface area contributed by atoms with Gasteiger partial charge in [-0.25, -0.2) is 8.78 Å². The molecular formula is C30H25F2NO. The van der Waals surface area contributed by atoms with Crippen LogP contribution in [0.25, 0.3) is 44.3 Å². The van der Waals surface area contributed by atoms with Crippen molar-refractivity contribution in [2.45, 2.75) is 38.5 Å². The molecule has 4 heteroatoms. The van der Waals surface area contributed by atoms with Gasteiger partial charge in [0.1, 0.15) is 11.2 Å². The Morgan fingerprint density at radius 1 is 0.794 bits per heavy atom. The van der Waals surface area contributed by atoms with E-state index in [1.807, 2.05) is 42.6 Å². The van der Waals surface area contributed by atoms with E-state index in [1.54, 1.807) is 6.07 Å². The zero-order valence-corrected chi connectivity index (χ0v) is 18.9. The van der Waals surface area contributed by atoms with Gasteiger partial charge in [-0.15, -0.1) is 0 Å². The SMILES string of the molecule is Fc1ccc(-c2ccc3c(c2)oc2c(-c4cc(CC5CCCCC5)ccn4)cccc23)cc1F. The molecule has 34 heavy (non-hydrogen) atoms. The molecule has 1 aliphatic rings. The Bertz CT molecular complexity index is 1500. The van der Waals surface area contributed by atoms with Gasteiger partial charge >= 0.3 is 0 Å². The molecule has 6 rings (SSSR count). The second-order valence-corrected chi connectivity index (χ2v) is 9.38. The first kappa shape index (κ1) is 21.0. The van der Waals surface area contributed by atoms with Crippen LogP contribution in [-0.2, 0) is 6.42 Å². The quantitative estimate of drug-likeness (QED) is 0.272. The number of benzene rings is 3. The summed E-state index contributed by atoms with van der Waals surface area (Å²) in [5.74, 6) is -0.944. The highest BCUT2D eigenvalue weighted by molar-refractivity contribution is 6.10. The number of para-hydroxylation sites is 1. The minimum Gasteiger partial charge on any atom is -0.455 e. The van der Waals surface area contributed by atoms with Crippen molar-refractivity contribution in [3.05, 3.63) is 90.1 Å². The summed E-state index contributed by atoms with van der Waals surface area (Å²) >= 11 is 0. The molecule has 2 aromatic heterocycles. The van der Waals surface area contributed by atoms with Crippen molar-refractivity contribution in [1.29, 1.82) is 0 Å². The first-order valence-corrected chi connectivity index (χ1v) is 12.0. The van der Waals surface area contributed by atoms with Gasteiger partial charge < -0.3 is 4.42 Å². The summed E-state index contributed by atoms with van der Waals surface area (Å²) in [5.41, 5.74) is 6.10. The Morgan fingerprint density at radius 2 is 1.62 bits per heavy atom. The number of pyridine rings is 1. The zero-order valence-electron chi connectivity index (χ0n) is 18.9. The van der Waals surface area contributed by atoms with Crippen LogP contribution in [0.3, 0.4) is 0 Å². The topological polar surface area (TPSA) is 26.0 Å². The fourth-order valence-corrected chi connectivity index (χ4v) is 5.33. The van der Waals surface area contributed by atoms with Crippen LogP contribution in [-0.4, -0.2) is 4.98 Å². The van der Waals surface area contributed by atoms with Crippen LogP contribution in [0.4, 0.5) is 8.78 Å². The summed E-state index contributed by atoms with van der Waals surface area (Å²) in [4.78, 5) is 4.67. The van der Waals surface area contributed by atoms with Crippen molar-refractivity contribution in [3.63, 3.8) is 0 Å². The molecule has 0 atom stereocenters. The Balaban J connectivity index is 1.40. The number of hydrogen-bond acceptors (Lipinski definition) is 2. The average Bonchev–Trinajstić information content (AvgIpc) is 3.24. The van der Waals surface area contributed by atoms with Gasteiger partial charge in [0.2, 0.25) is 0 Å². The van der Waals surface area contributed by atoms with Crippen molar-refractivity contribution >= 4 is 21.9 Å². The molecule has 0 spiro atoms. The van der Waals surface area contributed by atoms with Gasteiger partial charge in [-0.2, -0.15) is 0 Å². The van der Waals surface area contributed by atoms with Crippen LogP contribution in [0.1, 0.15) is 37.7 Å². The fourth-order valence-electron chi connectivity index (χ4n) is 5.33.